The maximum absolute atomic E-state index is 12.8. The van der Waals surface area contributed by atoms with Crippen LogP contribution in [0, 0.1) is 0 Å². The molecule has 0 radical (unpaired) electrons. The first-order chi connectivity index (χ1) is 14.2. The summed E-state index contributed by atoms with van der Waals surface area (Å²) < 4.78 is 36.6. The molecule has 0 spiro atoms. The number of para-hydroxylation sites is 1. The van der Waals surface area contributed by atoms with Gasteiger partial charge in [-0.25, -0.2) is 17.5 Å². The van der Waals surface area contributed by atoms with Crippen molar-refractivity contribution in [2.24, 2.45) is 0 Å². The maximum Gasteiger partial charge on any atom is 0.338 e. The fraction of sp³-hybridized carbons (Fsp3) is 0.333. The number of hydrogen-bond acceptors (Lipinski definition) is 6. The highest BCUT2D eigenvalue weighted by Gasteiger charge is 2.31. The summed E-state index contributed by atoms with van der Waals surface area (Å²) in [7, 11) is 0.269. The van der Waals surface area contributed by atoms with Crippen LogP contribution in [0.25, 0.3) is 0 Å². The fourth-order valence-electron chi connectivity index (χ4n) is 3.27. The van der Waals surface area contributed by atoms with Crippen molar-refractivity contribution in [2.75, 3.05) is 32.6 Å². The third kappa shape index (κ3) is 4.03. The standard InChI is InChI=1S/C21H24N2O6S/c1-14(20(24)23-12-11-15-7-5-6-8-17(15)23)29-21(25)16-9-10-18(28-4)19(13-16)30(26,27)22(2)3/h5-10,13-14H,11-12H2,1-4H3/t14-/m0/s1. The van der Waals surface area contributed by atoms with E-state index in [0.29, 0.717) is 6.54 Å². The summed E-state index contributed by atoms with van der Waals surface area (Å²) in [5.74, 6) is -1.01. The van der Waals surface area contributed by atoms with Gasteiger partial charge in [-0.1, -0.05) is 18.2 Å². The average Bonchev–Trinajstić information content (AvgIpc) is 3.16. The molecule has 30 heavy (non-hydrogen) atoms. The van der Waals surface area contributed by atoms with Crippen LogP contribution in [0.4, 0.5) is 5.69 Å². The SMILES string of the molecule is COc1ccc(C(=O)O[C@@H](C)C(=O)N2CCc3ccccc32)cc1S(=O)(=O)N(C)C. The number of nitrogens with zero attached hydrogens (tertiary/aromatic N) is 2. The molecule has 1 amide bonds. The number of sulfonamides is 1. The van der Waals surface area contributed by atoms with Crippen molar-refractivity contribution in [1.82, 2.24) is 4.31 Å². The average molecular weight is 432 g/mol. The van der Waals surface area contributed by atoms with Gasteiger partial charge < -0.3 is 14.4 Å². The first-order valence-electron chi connectivity index (χ1n) is 9.37. The molecule has 160 valence electrons. The second-order valence-corrected chi connectivity index (χ2v) is 9.19. The van der Waals surface area contributed by atoms with E-state index < -0.39 is 22.1 Å². The largest absolute Gasteiger partial charge is 0.495 e. The van der Waals surface area contributed by atoms with Gasteiger partial charge in [-0.3, -0.25) is 4.79 Å². The Morgan fingerprint density at radius 2 is 1.83 bits per heavy atom. The summed E-state index contributed by atoms with van der Waals surface area (Å²) >= 11 is 0. The normalized spacial score (nSPS) is 14.4. The van der Waals surface area contributed by atoms with Gasteiger partial charge in [-0.15, -0.1) is 0 Å². The molecule has 1 aliphatic heterocycles. The van der Waals surface area contributed by atoms with E-state index in [1.54, 1.807) is 4.90 Å². The van der Waals surface area contributed by atoms with Crippen LogP contribution in [0.15, 0.2) is 47.4 Å². The number of esters is 1. The molecule has 9 heteroatoms. The van der Waals surface area contributed by atoms with E-state index in [9.17, 15) is 18.0 Å². The molecule has 0 aliphatic carbocycles. The third-order valence-corrected chi connectivity index (χ3v) is 6.78. The van der Waals surface area contributed by atoms with Gasteiger partial charge in [0.25, 0.3) is 5.91 Å². The quantitative estimate of drug-likeness (QED) is 0.649. The van der Waals surface area contributed by atoms with Gasteiger partial charge in [-0.05, 0) is 43.2 Å². The Morgan fingerprint density at radius 1 is 1.13 bits per heavy atom. The van der Waals surface area contributed by atoms with Crippen LogP contribution in [-0.4, -0.2) is 58.5 Å². The second-order valence-electron chi connectivity index (χ2n) is 7.07. The lowest BCUT2D eigenvalue weighted by Crippen LogP contribution is -2.39. The van der Waals surface area contributed by atoms with Gasteiger partial charge in [0.1, 0.15) is 10.6 Å². The number of amides is 1. The topological polar surface area (TPSA) is 93.2 Å². The van der Waals surface area contributed by atoms with E-state index in [0.717, 1.165) is 22.0 Å². The van der Waals surface area contributed by atoms with Crippen LogP contribution < -0.4 is 9.64 Å². The number of fused-ring (bicyclic) bond motifs is 1. The van der Waals surface area contributed by atoms with E-state index in [1.165, 1.54) is 46.3 Å². The molecule has 0 saturated heterocycles. The van der Waals surface area contributed by atoms with Crippen molar-refractivity contribution in [3.63, 3.8) is 0 Å². The number of benzene rings is 2. The molecule has 0 N–H and O–H groups in total. The second kappa shape index (κ2) is 8.45. The molecule has 8 nitrogen and oxygen atoms in total. The zero-order valence-electron chi connectivity index (χ0n) is 17.3. The Hall–Kier alpha value is -2.91. The van der Waals surface area contributed by atoms with Crippen LogP contribution in [0.1, 0.15) is 22.8 Å². The zero-order chi connectivity index (χ0) is 22.1. The van der Waals surface area contributed by atoms with Crippen molar-refractivity contribution in [2.45, 2.75) is 24.3 Å². The number of carbonyl (C=O) groups excluding carboxylic acids is 2. The Morgan fingerprint density at radius 3 is 2.50 bits per heavy atom. The summed E-state index contributed by atoms with van der Waals surface area (Å²) in [4.78, 5) is 26.9. The number of ether oxygens (including phenoxy) is 2. The molecule has 2 aromatic rings. The Kier molecular flexibility index (Phi) is 6.14. The van der Waals surface area contributed by atoms with E-state index in [4.69, 9.17) is 9.47 Å². The van der Waals surface area contributed by atoms with Crippen molar-refractivity contribution in [1.29, 1.82) is 0 Å². The molecule has 0 unspecified atom stereocenters. The Labute approximate surface area is 176 Å². The van der Waals surface area contributed by atoms with Crippen LogP contribution in [-0.2, 0) is 26.0 Å². The lowest BCUT2D eigenvalue weighted by Gasteiger charge is -2.22. The van der Waals surface area contributed by atoms with Crippen LogP contribution in [0.2, 0.25) is 0 Å². The van der Waals surface area contributed by atoms with E-state index in [2.05, 4.69) is 0 Å². The number of rotatable bonds is 6. The van der Waals surface area contributed by atoms with E-state index in [1.807, 2.05) is 24.3 Å². The maximum atomic E-state index is 12.8. The first-order valence-corrected chi connectivity index (χ1v) is 10.8. The highest BCUT2D eigenvalue weighted by molar-refractivity contribution is 7.89. The lowest BCUT2D eigenvalue weighted by molar-refractivity contribution is -0.126. The van der Waals surface area contributed by atoms with E-state index in [-0.39, 0.29) is 22.1 Å². The minimum atomic E-state index is -3.84. The predicted octanol–water partition coefficient (Wildman–Crippen LogP) is 2.08. The minimum absolute atomic E-state index is 0.0118. The zero-order valence-corrected chi connectivity index (χ0v) is 18.1. The van der Waals surface area contributed by atoms with Crippen LogP contribution >= 0.6 is 0 Å². The molecular formula is C21H24N2O6S. The molecular weight excluding hydrogens is 408 g/mol. The highest BCUT2D eigenvalue weighted by atomic mass is 32.2. The fourth-order valence-corrected chi connectivity index (χ4v) is 4.34. The smallest absolute Gasteiger partial charge is 0.338 e. The number of carbonyl (C=O) groups is 2. The van der Waals surface area contributed by atoms with Gasteiger partial charge in [0.05, 0.1) is 12.7 Å². The monoisotopic (exact) mass is 432 g/mol. The summed E-state index contributed by atoms with van der Waals surface area (Å²) in [6, 6.07) is 11.6. The number of hydrogen-bond donors (Lipinski definition) is 0. The van der Waals surface area contributed by atoms with Crippen molar-refractivity contribution >= 4 is 27.6 Å². The first kappa shape index (κ1) is 21.8. The molecule has 2 aromatic carbocycles. The highest BCUT2D eigenvalue weighted by Crippen LogP contribution is 2.29. The van der Waals surface area contributed by atoms with Gasteiger partial charge >= 0.3 is 5.97 Å². The number of anilines is 1. The predicted molar refractivity (Wildman–Crippen MR) is 111 cm³/mol. The molecule has 3 rings (SSSR count). The lowest BCUT2D eigenvalue weighted by atomic mass is 10.2. The molecule has 0 fully saturated rings. The van der Waals surface area contributed by atoms with Gasteiger partial charge in [0.2, 0.25) is 10.0 Å². The molecule has 0 saturated carbocycles. The van der Waals surface area contributed by atoms with Crippen molar-refractivity contribution in [3.05, 3.63) is 53.6 Å². The summed E-state index contributed by atoms with van der Waals surface area (Å²) in [6.45, 7) is 2.02. The summed E-state index contributed by atoms with van der Waals surface area (Å²) in [5, 5.41) is 0. The van der Waals surface area contributed by atoms with Crippen molar-refractivity contribution in [3.8, 4) is 5.75 Å². The van der Waals surface area contributed by atoms with Crippen molar-refractivity contribution < 1.29 is 27.5 Å². The molecule has 1 aliphatic rings. The molecule has 1 atom stereocenters. The molecule has 0 bridgehead atoms. The van der Waals surface area contributed by atoms with Crippen LogP contribution in [0.5, 0.6) is 5.75 Å². The third-order valence-electron chi connectivity index (χ3n) is 4.94. The summed E-state index contributed by atoms with van der Waals surface area (Å²) in [5.41, 5.74) is 1.89. The molecule has 0 aromatic heterocycles. The Bertz CT molecular complexity index is 1080. The van der Waals surface area contributed by atoms with Gasteiger partial charge in [0, 0.05) is 26.3 Å². The van der Waals surface area contributed by atoms with Gasteiger partial charge in [-0.2, -0.15) is 0 Å². The van der Waals surface area contributed by atoms with Crippen LogP contribution in [0.3, 0.4) is 0 Å². The van der Waals surface area contributed by atoms with E-state index >= 15 is 0 Å². The number of methoxy groups -OCH3 is 1. The molecule has 1 heterocycles. The summed E-state index contributed by atoms with van der Waals surface area (Å²) in [6.07, 6.45) is -0.285. The Balaban J connectivity index is 1.80. The minimum Gasteiger partial charge on any atom is -0.495 e. The van der Waals surface area contributed by atoms with Gasteiger partial charge in [0.15, 0.2) is 6.10 Å².